The van der Waals surface area contributed by atoms with Crippen molar-refractivity contribution in [1.29, 1.82) is 0 Å². The van der Waals surface area contributed by atoms with Crippen LogP contribution in [0, 0.1) is 13.8 Å². The minimum absolute atomic E-state index is 0.113. The molecule has 5 heteroatoms. The number of nitrogens with one attached hydrogen (secondary N) is 2. The van der Waals surface area contributed by atoms with Crippen LogP contribution in [-0.4, -0.2) is 17.5 Å². The van der Waals surface area contributed by atoms with Crippen molar-refractivity contribution in [3.8, 4) is 0 Å². The minimum atomic E-state index is -0.301. The zero-order valence-corrected chi connectivity index (χ0v) is 14.1. The number of aryl methyl sites for hydroxylation is 2. The molecule has 0 radical (unpaired) electrons. The van der Waals surface area contributed by atoms with Crippen LogP contribution < -0.4 is 10.7 Å². The number of amides is 2. The quantitative estimate of drug-likeness (QED) is 0.653. The molecule has 2 aromatic carbocycles. The Bertz CT molecular complexity index is 747. The van der Waals surface area contributed by atoms with Gasteiger partial charge in [0, 0.05) is 17.0 Å². The average Bonchev–Trinajstić information content (AvgIpc) is 2.52. The topological polar surface area (TPSA) is 70.6 Å². The molecule has 0 atom stereocenters. The molecule has 0 aromatic heterocycles. The Morgan fingerprint density at radius 2 is 1.62 bits per heavy atom. The Balaban J connectivity index is 1.90. The van der Waals surface area contributed by atoms with E-state index < -0.39 is 0 Å². The fourth-order valence-corrected chi connectivity index (χ4v) is 2.32. The predicted octanol–water partition coefficient (Wildman–Crippen LogP) is 3.44. The van der Waals surface area contributed by atoms with E-state index in [0.29, 0.717) is 11.3 Å². The summed E-state index contributed by atoms with van der Waals surface area (Å²) in [4.78, 5) is 23.9. The molecule has 0 bridgehead atoms. The van der Waals surface area contributed by atoms with Gasteiger partial charge in [0.05, 0.1) is 6.42 Å². The zero-order valence-electron chi connectivity index (χ0n) is 14.1. The van der Waals surface area contributed by atoms with Gasteiger partial charge < -0.3 is 5.32 Å². The molecule has 0 spiro atoms. The van der Waals surface area contributed by atoms with Crippen LogP contribution in [0.2, 0.25) is 0 Å². The smallest absolute Gasteiger partial charge is 0.271 e. The number of carbonyl (C=O) groups excluding carboxylic acids is 2. The van der Waals surface area contributed by atoms with Gasteiger partial charge in [0.1, 0.15) is 0 Å². The minimum Gasteiger partial charge on any atom is -0.326 e. The van der Waals surface area contributed by atoms with E-state index >= 15 is 0 Å². The Morgan fingerprint density at radius 3 is 2.25 bits per heavy atom. The van der Waals surface area contributed by atoms with E-state index in [1.807, 2.05) is 38.1 Å². The summed E-state index contributed by atoms with van der Waals surface area (Å²) in [6.07, 6.45) is 0.113. The third-order valence-corrected chi connectivity index (χ3v) is 3.31. The van der Waals surface area contributed by atoms with Gasteiger partial charge in [-0.25, -0.2) is 5.43 Å². The maximum atomic E-state index is 12.1. The van der Waals surface area contributed by atoms with Crippen LogP contribution >= 0.6 is 0 Å². The van der Waals surface area contributed by atoms with Gasteiger partial charge in [0.25, 0.3) is 5.91 Å². The number of nitrogens with zero attached hydrogens (tertiary/aromatic N) is 1. The van der Waals surface area contributed by atoms with Gasteiger partial charge in [0.15, 0.2) is 0 Å². The Morgan fingerprint density at radius 1 is 1.00 bits per heavy atom. The molecular weight excluding hydrogens is 302 g/mol. The molecule has 124 valence electrons. The van der Waals surface area contributed by atoms with Crippen LogP contribution in [0.3, 0.4) is 0 Å². The largest absolute Gasteiger partial charge is 0.326 e. The summed E-state index contributed by atoms with van der Waals surface area (Å²) >= 11 is 0. The van der Waals surface area contributed by atoms with Crippen molar-refractivity contribution < 1.29 is 9.59 Å². The predicted molar refractivity (Wildman–Crippen MR) is 96.2 cm³/mol. The van der Waals surface area contributed by atoms with Gasteiger partial charge in [-0.15, -0.1) is 0 Å². The monoisotopic (exact) mass is 323 g/mol. The fourth-order valence-electron chi connectivity index (χ4n) is 2.32. The van der Waals surface area contributed by atoms with Gasteiger partial charge in [-0.2, -0.15) is 5.10 Å². The summed E-state index contributed by atoms with van der Waals surface area (Å²) in [5.74, 6) is -0.472. The van der Waals surface area contributed by atoms with Gasteiger partial charge in [0.2, 0.25) is 5.91 Å². The molecule has 0 heterocycles. The molecule has 2 amide bonds. The second-order valence-electron chi connectivity index (χ2n) is 5.76. The van der Waals surface area contributed by atoms with E-state index in [2.05, 4.69) is 15.8 Å². The molecule has 0 saturated carbocycles. The lowest BCUT2D eigenvalue weighted by molar-refractivity contribution is -0.115. The van der Waals surface area contributed by atoms with Gasteiger partial charge >= 0.3 is 0 Å². The number of carbonyl (C=O) groups is 2. The summed E-state index contributed by atoms with van der Waals surface area (Å²) in [7, 11) is 0. The average molecular weight is 323 g/mol. The van der Waals surface area contributed by atoms with Crippen LogP contribution in [0.25, 0.3) is 0 Å². The van der Waals surface area contributed by atoms with E-state index in [1.165, 1.54) is 0 Å². The van der Waals surface area contributed by atoms with Crippen LogP contribution in [-0.2, 0) is 4.79 Å². The third kappa shape index (κ3) is 5.35. The summed E-state index contributed by atoms with van der Waals surface area (Å²) in [5.41, 5.74) is 6.45. The molecule has 2 rings (SSSR count). The number of anilines is 1. The van der Waals surface area contributed by atoms with Crippen LogP contribution in [0.5, 0.6) is 0 Å². The SMILES string of the molecule is C/C(CC(=O)Nc1cc(C)cc(C)c1)=N\NC(=O)c1ccccc1. The first-order valence-corrected chi connectivity index (χ1v) is 7.71. The first-order chi connectivity index (χ1) is 11.4. The molecule has 0 unspecified atom stereocenters. The van der Waals surface area contributed by atoms with E-state index in [0.717, 1.165) is 16.8 Å². The summed E-state index contributed by atoms with van der Waals surface area (Å²) < 4.78 is 0. The lowest BCUT2D eigenvalue weighted by Gasteiger charge is -2.07. The Kier molecular flexibility index (Phi) is 5.84. The first kappa shape index (κ1) is 17.4. The van der Waals surface area contributed by atoms with Crippen molar-refractivity contribution in [3.05, 3.63) is 65.2 Å². The third-order valence-electron chi connectivity index (χ3n) is 3.31. The number of benzene rings is 2. The Hall–Kier alpha value is -2.95. The number of rotatable bonds is 5. The molecule has 2 aromatic rings. The molecule has 0 aliphatic heterocycles. The fraction of sp³-hybridized carbons (Fsp3) is 0.211. The molecular formula is C19H21N3O2. The molecule has 0 fully saturated rings. The number of hydrogen-bond donors (Lipinski definition) is 2. The van der Waals surface area contributed by atoms with E-state index in [4.69, 9.17) is 0 Å². The molecule has 2 N–H and O–H groups in total. The highest BCUT2D eigenvalue weighted by Crippen LogP contribution is 2.14. The van der Waals surface area contributed by atoms with E-state index in [9.17, 15) is 9.59 Å². The standard InChI is InChI=1S/C19H21N3O2/c1-13-9-14(2)11-17(10-13)20-18(23)12-15(3)21-22-19(24)16-7-5-4-6-8-16/h4-11H,12H2,1-3H3,(H,20,23)(H,22,24)/b21-15+. The van der Waals surface area contributed by atoms with Gasteiger partial charge in [-0.1, -0.05) is 24.3 Å². The van der Waals surface area contributed by atoms with Crippen molar-refractivity contribution >= 4 is 23.2 Å². The molecule has 0 aliphatic rings. The van der Waals surface area contributed by atoms with Gasteiger partial charge in [-0.3, -0.25) is 9.59 Å². The highest BCUT2D eigenvalue weighted by atomic mass is 16.2. The lowest BCUT2D eigenvalue weighted by atomic mass is 10.1. The summed E-state index contributed by atoms with van der Waals surface area (Å²) in [5, 5.41) is 6.81. The Labute approximate surface area is 141 Å². The maximum absolute atomic E-state index is 12.1. The van der Waals surface area contributed by atoms with Crippen molar-refractivity contribution in [2.45, 2.75) is 27.2 Å². The first-order valence-electron chi connectivity index (χ1n) is 7.71. The van der Waals surface area contributed by atoms with Crippen LogP contribution in [0.4, 0.5) is 5.69 Å². The number of hydrazone groups is 1. The maximum Gasteiger partial charge on any atom is 0.271 e. The van der Waals surface area contributed by atoms with Crippen molar-refractivity contribution in [1.82, 2.24) is 5.43 Å². The number of hydrogen-bond acceptors (Lipinski definition) is 3. The van der Waals surface area contributed by atoms with E-state index in [1.54, 1.807) is 31.2 Å². The van der Waals surface area contributed by atoms with Crippen LogP contribution in [0.15, 0.2) is 53.6 Å². The van der Waals surface area contributed by atoms with Crippen molar-refractivity contribution in [3.63, 3.8) is 0 Å². The van der Waals surface area contributed by atoms with Crippen LogP contribution in [0.1, 0.15) is 34.8 Å². The second kappa shape index (κ2) is 8.06. The second-order valence-corrected chi connectivity index (χ2v) is 5.76. The highest BCUT2D eigenvalue weighted by Gasteiger charge is 2.07. The van der Waals surface area contributed by atoms with Gasteiger partial charge in [-0.05, 0) is 56.2 Å². The molecule has 0 aliphatic carbocycles. The molecule has 24 heavy (non-hydrogen) atoms. The zero-order chi connectivity index (χ0) is 17.5. The van der Waals surface area contributed by atoms with Crippen molar-refractivity contribution in [2.24, 2.45) is 5.10 Å². The highest BCUT2D eigenvalue weighted by molar-refractivity contribution is 6.06. The lowest BCUT2D eigenvalue weighted by Crippen LogP contribution is -2.21. The normalized spacial score (nSPS) is 11.0. The summed E-state index contributed by atoms with van der Waals surface area (Å²) in [6, 6.07) is 14.7. The van der Waals surface area contributed by atoms with E-state index in [-0.39, 0.29) is 18.2 Å². The molecule has 5 nitrogen and oxygen atoms in total. The van der Waals surface area contributed by atoms with Crippen molar-refractivity contribution in [2.75, 3.05) is 5.32 Å². The molecule has 0 saturated heterocycles. The summed E-state index contributed by atoms with van der Waals surface area (Å²) in [6.45, 7) is 5.66.